The Bertz CT molecular complexity index is 1260. The first kappa shape index (κ1) is 25.3. The lowest BCUT2D eigenvalue weighted by molar-refractivity contribution is -0.137. The Hall–Kier alpha value is -3.39. The van der Waals surface area contributed by atoms with Gasteiger partial charge in [0.1, 0.15) is 5.69 Å². The number of nitrogens with one attached hydrogen (secondary N) is 1. The Labute approximate surface area is 215 Å². The molecule has 1 aliphatic carbocycles. The maximum absolute atomic E-state index is 13.0. The smallest absolute Gasteiger partial charge is 0.369 e. The molecule has 0 bridgehead atoms. The maximum atomic E-state index is 13.0. The maximum Gasteiger partial charge on any atom is 0.416 e. The lowest BCUT2D eigenvalue weighted by Gasteiger charge is -2.37. The number of halogens is 3. The number of likely N-dealkylation sites (N-methyl/N-ethyl adjacent to an activating group) is 1. The van der Waals surface area contributed by atoms with Gasteiger partial charge in [0.05, 0.1) is 5.56 Å². The molecule has 0 saturated carbocycles. The predicted octanol–water partition coefficient (Wildman–Crippen LogP) is 5.11. The van der Waals surface area contributed by atoms with Gasteiger partial charge in [-0.25, -0.2) is 0 Å². The molecule has 0 unspecified atom stereocenters. The summed E-state index contributed by atoms with van der Waals surface area (Å²) < 4.78 is 38.5. The fraction of sp³-hybridized carbons (Fsp3) is 0.379. The predicted molar refractivity (Wildman–Crippen MR) is 139 cm³/mol. The second kappa shape index (κ2) is 10.2. The third-order valence-corrected chi connectivity index (χ3v) is 7.55. The average Bonchev–Trinajstić information content (AvgIpc) is 2.89. The van der Waals surface area contributed by atoms with Crippen LogP contribution in [0.1, 0.15) is 39.2 Å². The summed E-state index contributed by atoms with van der Waals surface area (Å²) in [4.78, 5) is 22.1. The van der Waals surface area contributed by atoms with Gasteiger partial charge in [-0.3, -0.25) is 9.78 Å². The average molecular weight is 509 g/mol. The summed E-state index contributed by atoms with van der Waals surface area (Å²) in [5.74, 6) is -0.235. The minimum Gasteiger partial charge on any atom is -0.369 e. The highest BCUT2D eigenvalue weighted by molar-refractivity contribution is 5.92. The molecule has 2 aromatic carbocycles. The summed E-state index contributed by atoms with van der Waals surface area (Å²) in [6.45, 7) is 6.23. The van der Waals surface area contributed by atoms with Gasteiger partial charge in [-0.05, 0) is 79.8 Å². The number of rotatable bonds is 4. The van der Waals surface area contributed by atoms with Crippen LogP contribution >= 0.6 is 0 Å². The Morgan fingerprint density at radius 3 is 2.30 bits per heavy atom. The van der Waals surface area contributed by atoms with Gasteiger partial charge in [0.25, 0.3) is 5.91 Å². The molecule has 5 rings (SSSR count). The molecule has 1 fully saturated rings. The summed E-state index contributed by atoms with van der Waals surface area (Å²) in [6, 6.07) is 12.7. The molecule has 5 nitrogen and oxygen atoms in total. The Kier molecular flexibility index (Phi) is 6.94. The lowest BCUT2D eigenvalue weighted by atomic mass is 9.84. The quantitative estimate of drug-likeness (QED) is 0.532. The van der Waals surface area contributed by atoms with Crippen molar-refractivity contribution in [2.45, 2.75) is 38.4 Å². The molecule has 37 heavy (non-hydrogen) atoms. The summed E-state index contributed by atoms with van der Waals surface area (Å²) in [5.41, 5.74) is 6.20. The highest BCUT2D eigenvalue weighted by Crippen LogP contribution is 2.34. The number of aromatic nitrogens is 1. The fourth-order valence-electron chi connectivity index (χ4n) is 5.32. The first-order valence-corrected chi connectivity index (χ1v) is 12.7. The molecule has 0 radical (unpaired) electrons. The SMILES string of the molecule is Cc1ccc(N2CCN(C)CC2)c2c1CC[C@H](NC(=O)c1ccc(-c3ccc(C(F)(F)F)cc3)cn1)C2. The van der Waals surface area contributed by atoms with Crippen LogP contribution in [0.2, 0.25) is 0 Å². The highest BCUT2D eigenvalue weighted by Gasteiger charge is 2.30. The molecule has 1 saturated heterocycles. The van der Waals surface area contributed by atoms with Crippen LogP contribution in [0, 0.1) is 6.92 Å². The second-order valence-corrected chi connectivity index (χ2v) is 10.1. The van der Waals surface area contributed by atoms with Crippen LogP contribution < -0.4 is 10.2 Å². The number of amides is 1. The van der Waals surface area contributed by atoms with Crippen LogP contribution in [0.25, 0.3) is 11.1 Å². The van der Waals surface area contributed by atoms with Crippen LogP contribution in [-0.4, -0.2) is 55.1 Å². The van der Waals surface area contributed by atoms with Crippen LogP contribution in [0.4, 0.5) is 18.9 Å². The van der Waals surface area contributed by atoms with E-state index in [1.54, 1.807) is 12.1 Å². The number of nitrogens with zero attached hydrogens (tertiary/aromatic N) is 3. The van der Waals surface area contributed by atoms with E-state index in [1.807, 2.05) is 0 Å². The third kappa shape index (κ3) is 5.49. The van der Waals surface area contributed by atoms with E-state index in [0.29, 0.717) is 16.8 Å². The van der Waals surface area contributed by atoms with E-state index in [0.717, 1.165) is 57.6 Å². The first-order valence-electron chi connectivity index (χ1n) is 12.7. The van der Waals surface area contributed by atoms with Crippen molar-refractivity contribution in [3.8, 4) is 11.1 Å². The Morgan fingerprint density at radius 1 is 0.946 bits per heavy atom. The molecule has 2 aliphatic rings. The van der Waals surface area contributed by atoms with E-state index in [-0.39, 0.29) is 11.9 Å². The highest BCUT2D eigenvalue weighted by atomic mass is 19.4. The van der Waals surface area contributed by atoms with Crippen molar-refractivity contribution in [3.63, 3.8) is 0 Å². The largest absolute Gasteiger partial charge is 0.416 e. The van der Waals surface area contributed by atoms with Crippen molar-refractivity contribution < 1.29 is 18.0 Å². The normalized spacial score (nSPS) is 18.4. The zero-order valence-electron chi connectivity index (χ0n) is 21.1. The molecular formula is C29H31F3N4O. The van der Waals surface area contributed by atoms with Gasteiger partial charge in [0.15, 0.2) is 0 Å². The van der Waals surface area contributed by atoms with Gasteiger partial charge >= 0.3 is 6.18 Å². The van der Waals surface area contributed by atoms with Gasteiger partial charge in [-0.15, -0.1) is 0 Å². The number of piperazine rings is 1. The lowest BCUT2D eigenvalue weighted by Crippen LogP contribution is -2.45. The van der Waals surface area contributed by atoms with E-state index >= 15 is 0 Å². The van der Waals surface area contributed by atoms with Crippen LogP contribution in [0.3, 0.4) is 0 Å². The van der Waals surface area contributed by atoms with E-state index in [2.05, 4.69) is 46.2 Å². The molecule has 8 heteroatoms. The van der Waals surface area contributed by atoms with E-state index in [9.17, 15) is 18.0 Å². The molecule has 194 valence electrons. The van der Waals surface area contributed by atoms with Crippen molar-refractivity contribution in [3.05, 3.63) is 82.7 Å². The number of benzene rings is 2. The number of alkyl halides is 3. The number of hydrogen-bond donors (Lipinski definition) is 1. The first-order chi connectivity index (χ1) is 17.7. The van der Waals surface area contributed by atoms with Crippen molar-refractivity contribution in [1.29, 1.82) is 0 Å². The summed E-state index contributed by atoms with van der Waals surface area (Å²) >= 11 is 0. The molecular weight excluding hydrogens is 477 g/mol. The monoisotopic (exact) mass is 508 g/mol. The van der Waals surface area contributed by atoms with Crippen molar-refractivity contribution >= 4 is 11.6 Å². The molecule has 1 aliphatic heterocycles. The van der Waals surface area contributed by atoms with Crippen LogP contribution in [0.5, 0.6) is 0 Å². The molecule has 1 N–H and O–H groups in total. The number of pyridine rings is 1. The van der Waals surface area contributed by atoms with Crippen molar-refractivity contribution in [1.82, 2.24) is 15.2 Å². The molecule has 1 atom stereocenters. The second-order valence-electron chi connectivity index (χ2n) is 10.1. The van der Waals surface area contributed by atoms with Crippen LogP contribution in [-0.2, 0) is 19.0 Å². The van der Waals surface area contributed by atoms with E-state index < -0.39 is 11.7 Å². The van der Waals surface area contributed by atoms with Gasteiger partial charge < -0.3 is 15.1 Å². The molecule has 0 spiro atoms. The summed E-state index contributed by atoms with van der Waals surface area (Å²) in [5, 5.41) is 3.16. The molecule has 2 heterocycles. The van der Waals surface area contributed by atoms with Gasteiger partial charge in [0, 0.05) is 49.7 Å². The fourth-order valence-corrected chi connectivity index (χ4v) is 5.32. The number of carbonyl (C=O) groups is 1. The number of anilines is 1. The minimum absolute atomic E-state index is 0.0180. The van der Waals surface area contributed by atoms with Crippen LogP contribution in [0.15, 0.2) is 54.7 Å². The molecule has 3 aromatic rings. The third-order valence-electron chi connectivity index (χ3n) is 7.55. The molecule has 1 aromatic heterocycles. The standard InChI is InChI=1S/C29H31F3N4O/c1-19-3-12-27(36-15-13-35(2)14-16-36)25-17-23(9-10-24(19)25)34-28(37)26-11-6-21(18-33-26)20-4-7-22(8-5-20)29(30,31)32/h3-8,11-12,18,23H,9-10,13-17H2,1-2H3,(H,34,37)/t23-/m0/s1. The molecule has 1 amide bonds. The zero-order valence-corrected chi connectivity index (χ0v) is 21.1. The van der Waals surface area contributed by atoms with Gasteiger partial charge in [-0.2, -0.15) is 13.2 Å². The summed E-state index contributed by atoms with van der Waals surface area (Å²) in [6.07, 6.45) is -0.262. The zero-order chi connectivity index (χ0) is 26.2. The van der Waals surface area contributed by atoms with Gasteiger partial charge in [-0.1, -0.05) is 24.3 Å². The van der Waals surface area contributed by atoms with Gasteiger partial charge in [0.2, 0.25) is 0 Å². The Morgan fingerprint density at radius 2 is 1.65 bits per heavy atom. The summed E-state index contributed by atoms with van der Waals surface area (Å²) in [7, 11) is 2.15. The number of aryl methyl sites for hydroxylation is 1. The topological polar surface area (TPSA) is 48.5 Å². The van der Waals surface area contributed by atoms with Crippen molar-refractivity contribution in [2.24, 2.45) is 0 Å². The van der Waals surface area contributed by atoms with Crippen molar-refractivity contribution in [2.75, 3.05) is 38.1 Å². The number of hydrogen-bond acceptors (Lipinski definition) is 4. The number of carbonyl (C=O) groups excluding carboxylic acids is 1. The minimum atomic E-state index is -4.37. The Balaban J connectivity index is 1.27. The van der Waals surface area contributed by atoms with E-state index in [4.69, 9.17) is 0 Å². The van der Waals surface area contributed by atoms with E-state index in [1.165, 1.54) is 40.7 Å². The number of fused-ring (bicyclic) bond motifs is 1.